The van der Waals surface area contributed by atoms with Gasteiger partial charge in [0.2, 0.25) is 5.95 Å². The molecule has 0 bridgehead atoms. The molecule has 5 rings (SSSR count). The van der Waals surface area contributed by atoms with Crippen LogP contribution in [-0.4, -0.2) is 33.6 Å². The SMILES string of the molecule is COc1cc(OC)c(Cl)c(-c2cc3cnc(Nc4ccccc4N)nc3n3ccnc23)c1Cl. The molecule has 0 amide bonds. The number of rotatable bonds is 5. The quantitative estimate of drug-likeness (QED) is 0.316. The average Bonchev–Trinajstić information content (AvgIpc) is 3.32. The van der Waals surface area contributed by atoms with E-state index < -0.39 is 0 Å². The second-order valence-electron chi connectivity index (χ2n) is 7.15. The smallest absolute Gasteiger partial charge is 0.229 e. The molecular weight excluding hydrogens is 463 g/mol. The summed E-state index contributed by atoms with van der Waals surface area (Å²) >= 11 is 13.3. The molecule has 5 aromatic rings. The summed E-state index contributed by atoms with van der Waals surface area (Å²) in [5, 5.41) is 4.63. The van der Waals surface area contributed by atoms with Gasteiger partial charge in [0.1, 0.15) is 17.1 Å². The fourth-order valence-corrected chi connectivity index (χ4v) is 4.37. The zero-order valence-electron chi connectivity index (χ0n) is 17.6. The summed E-state index contributed by atoms with van der Waals surface area (Å²) in [5.74, 6) is 1.28. The highest BCUT2D eigenvalue weighted by Gasteiger charge is 2.22. The minimum Gasteiger partial charge on any atom is -0.495 e. The van der Waals surface area contributed by atoms with Crippen LogP contribution in [0.15, 0.2) is 55.0 Å². The second-order valence-corrected chi connectivity index (χ2v) is 7.90. The highest BCUT2D eigenvalue weighted by atomic mass is 35.5. The van der Waals surface area contributed by atoms with Gasteiger partial charge >= 0.3 is 0 Å². The monoisotopic (exact) mass is 480 g/mol. The number of pyridine rings is 1. The number of fused-ring (bicyclic) bond motifs is 3. The van der Waals surface area contributed by atoms with E-state index in [1.54, 1.807) is 24.5 Å². The Kier molecular flexibility index (Phi) is 5.32. The summed E-state index contributed by atoms with van der Waals surface area (Å²) in [7, 11) is 3.07. The Hall–Kier alpha value is -3.75. The minimum atomic E-state index is 0.353. The second kappa shape index (κ2) is 8.31. The molecular formula is C23H18Cl2N6O2. The Labute approximate surface area is 198 Å². The molecule has 8 nitrogen and oxygen atoms in total. The molecule has 166 valence electrons. The van der Waals surface area contributed by atoms with Crippen molar-refractivity contribution >= 4 is 57.2 Å². The summed E-state index contributed by atoms with van der Waals surface area (Å²) in [6.07, 6.45) is 5.21. The number of aromatic nitrogens is 4. The maximum Gasteiger partial charge on any atom is 0.229 e. The predicted molar refractivity (Wildman–Crippen MR) is 131 cm³/mol. The molecule has 0 aliphatic heterocycles. The van der Waals surface area contributed by atoms with Crippen LogP contribution in [-0.2, 0) is 0 Å². The molecule has 0 saturated heterocycles. The maximum absolute atomic E-state index is 6.67. The van der Waals surface area contributed by atoms with Gasteiger partial charge in [0.15, 0.2) is 5.65 Å². The number of methoxy groups -OCH3 is 2. The van der Waals surface area contributed by atoms with Crippen molar-refractivity contribution < 1.29 is 9.47 Å². The standard InChI is InChI=1S/C23H18Cl2N6O2/c1-32-16-10-17(33-2)20(25)18(19(16)24)13-9-12-11-28-23(29-15-6-4-3-5-14(15)26)30-21(12)31-8-7-27-22(13)31/h3-11H,26H2,1-2H3,(H,28,29,30). The van der Waals surface area contributed by atoms with Crippen LogP contribution in [0.2, 0.25) is 10.0 Å². The molecule has 3 N–H and O–H groups in total. The Morgan fingerprint density at radius 2 is 1.70 bits per heavy atom. The number of nitrogens with two attached hydrogens (primary N) is 1. The normalized spacial score (nSPS) is 11.2. The molecule has 0 unspecified atom stereocenters. The van der Waals surface area contributed by atoms with Crippen molar-refractivity contribution in [2.45, 2.75) is 0 Å². The van der Waals surface area contributed by atoms with E-state index in [2.05, 4.69) is 20.3 Å². The molecule has 0 radical (unpaired) electrons. The van der Waals surface area contributed by atoms with E-state index in [4.69, 9.17) is 38.4 Å². The topological polar surface area (TPSA) is 99.6 Å². The Morgan fingerprint density at radius 1 is 0.970 bits per heavy atom. The van der Waals surface area contributed by atoms with Gasteiger partial charge in [-0.2, -0.15) is 4.98 Å². The summed E-state index contributed by atoms with van der Waals surface area (Å²) < 4.78 is 12.7. The third kappa shape index (κ3) is 3.53. The van der Waals surface area contributed by atoms with Crippen LogP contribution in [0.4, 0.5) is 17.3 Å². The van der Waals surface area contributed by atoms with Crippen molar-refractivity contribution in [3.63, 3.8) is 0 Å². The van der Waals surface area contributed by atoms with Crippen LogP contribution in [0, 0.1) is 0 Å². The van der Waals surface area contributed by atoms with Gasteiger partial charge in [-0.1, -0.05) is 35.3 Å². The first-order chi connectivity index (χ1) is 16.0. The zero-order valence-corrected chi connectivity index (χ0v) is 19.1. The predicted octanol–water partition coefficient (Wildman–Crippen LogP) is 5.59. The van der Waals surface area contributed by atoms with Gasteiger partial charge in [0.25, 0.3) is 0 Å². The van der Waals surface area contributed by atoms with Gasteiger partial charge in [-0.25, -0.2) is 9.97 Å². The molecule has 0 fully saturated rings. The van der Waals surface area contributed by atoms with Crippen LogP contribution in [0.25, 0.3) is 27.8 Å². The number of benzene rings is 2. The Balaban J connectivity index is 1.72. The first-order valence-corrected chi connectivity index (χ1v) is 10.6. The van der Waals surface area contributed by atoms with Crippen molar-refractivity contribution in [3.05, 3.63) is 65.0 Å². The first kappa shape index (κ1) is 21.1. The maximum atomic E-state index is 6.67. The third-order valence-corrected chi connectivity index (χ3v) is 6.01. The molecule has 3 heterocycles. The van der Waals surface area contributed by atoms with Crippen LogP contribution in [0.3, 0.4) is 0 Å². The summed E-state index contributed by atoms with van der Waals surface area (Å²) in [5.41, 5.74) is 9.86. The lowest BCUT2D eigenvalue weighted by molar-refractivity contribution is 0.395. The largest absolute Gasteiger partial charge is 0.495 e. The van der Waals surface area contributed by atoms with E-state index in [1.165, 1.54) is 14.2 Å². The first-order valence-electron chi connectivity index (χ1n) is 9.86. The van der Waals surface area contributed by atoms with Crippen molar-refractivity contribution in [2.24, 2.45) is 0 Å². The van der Waals surface area contributed by atoms with E-state index in [9.17, 15) is 0 Å². The van der Waals surface area contributed by atoms with E-state index in [-0.39, 0.29) is 0 Å². The van der Waals surface area contributed by atoms with Gasteiger partial charge < -0.3 is 20.5 Å². The van der Waals surface area contributed by atoms with Crippen LogP contribution >= 0.6 is 23.2 Å². The van der Waals surface area contributed by atoms with E-state index in [0.717, 1.165) is 11.1 Å². The fourth-order valence-electron chi connectivity index (χ4n) is 3.67. The number of hydrogen-bond donors (Lipinski definition) is 2. The number of nitrogen functional groups attached to an aromatic ring is 1. The lowest BCUT2D eigenvalue weighted by Crippen LogP contribution is -2.03. The number of para-hydroxylation sites is 2. The molecule has 0 atom stereocenters. The molecule has 33 heavy (non-hydrogen) atoms. The Bertz CT molecular complexity index is 1490. The summed E-state index contributed by atoms with van der Waals surface area (Å²) in [4.78, 5) is 13.7. The van der Waals surface area contributed by atoms with Gasteiger partial charge in [-0.05, 0) is 18.2 Å². The van der Waals surface area contributed by atoms with E-state index in [0.29, 0.717) is 55.6 Å². The van der Waals surface area contributed by atoms with Gasteiger partial charge in [0, 0.05) is 41.2 Å². The molecule has 0 aliphatic rings. The molecule has 2 aromatic carbocycles. The third-order valence-electron chi connectivity index (χ3n) is 5.26. The number of imidazole rings is 1. The van der Waals surface area contributed by atoms with Crippen LogP contribution in [0.5, 0.6) is 11.5 Å². The number of ether oxygens (including phenoxy) is 2. The molecule has 10 heteroatoms. The van der Waals surface area contributed by atoms with Crippen LogP contribution in [0.1, 0.15) is 0 Å². The van der Waals surface area contributed by atoms with Gasteiger partial charge in [-0.3, -0.25) is 4.40 Å². The zero-order chi connectivity index (χ0) is 23.1. The number of hydrogen-bond acceptors (Lipinski definition) is 7. The highest BCUT2D eigenvalue weighted by molar-refractivity contribution is 6.41. The lowest BCUT2D eigenvalue weighted by atomic mass is 10.0. The van der Waals surface area contributed by atoms with Crippen LogP contribution < -0.4 is 20.5 Å². The van der Waals surface area contributed by atoms with Crippen molar-refractivity contribution in [1.82, 2.24) is 19.4 Å². The molecule has 0 aliphatic carbocycles. The van der Waals surface area contributed by atoms with Crippen molar-refractivity contribution in [3.8, 4) is 22.6 Å². The van der Waals surface area contributed by atoms with E-state index >= 15 is 0 Å². The fraction of sp³-hybridized carbons (Fsp3) is 0.0870. The minimum absolute atomic E-state index is 0.353. The van der Waals surface area contributed by atoms with E-state index in [1.807, 2.05) is 34.9 Å². The molecule has 0 saturated carbocycles. The number of halogens is 2. The lowest BCUT2D eigenvalue weighted by Gasteiger charge is -2.16. The molecule has 3 aromatic heterocycles. The molecule has 0 spiro atoms. The van der Waals surface area contributed by atoms with Gasteiger partial charge in [-0.15, -0.1) is 0 Å². The van der Waals surface area contributed by atoms with Crippen molar-refractivity contribution in [2.75, 3.05) is 25.3 Å². The number of nitrogens with one attached hydrogen (secondary N) is 1. The number of nitrogens with zero attached hydrogens (tertiary/aromatic N) is 4. The number of anilines is 3. The Morgan fingerprint density at radius 3 is 2.39 bits per heavy atom. The summed E-state index contributed by atoms with van der Waals surface area (Å²) in [6, 6.07) is 11.0. The van der Waals surface area contributed by atoms with Crippen molar-refractivity contribution in [1.29, 1.82) is 0 Å². The average molecular weight is 481 g/mol. The van der Waals surface area contributed by atoms with Gasteiger partial charge in [0.05, 0.1) is 35.6 Å². The highest BCUT2D eigenvalue weighted by Crippen LogP contribution is 2.47. The summed E-state index contributed by atoms with van der Waals surface area (Å²) in [6.45, 7) is 0.